The van der Waals surface area contributed by atoms with Crippen LogP contribution in [0, 0.1) is 0 Å². The van der Waals surface area contributed by atoms with E-state index < -0.39 is 11.7 Å². The number of halogens is 3. The number of carbonyl (C=O) groups is 1. The molecule has 1 aliphatic rings. The van der Waals surface area contributed by atoms with E-state index in [4.69, 9.17) is 0 Å². The fraction of sp³-hybridized carbons (Fsp3) is 0.611. The van der Waals surface area contributed by atoms with E-state index in [-0.39, 0.29) is 18.0 Å². The molecule has 0 saturated heterocycles. The molecule has 1 unspecified atom stereocenters. The van der Waals surface area contributed by atoms with E-state index in [1.54, 1.807) is 0 Å². The minimum absolute atomic E-state index is 0.0173. The van der Waals surface area contributed by atoms with Gasteiger partial charge in [-0.2, -0.15) is 13.2 Å². The third-order valence-corrected chi connectivity index (χ3v) is 4.71. The number of nitrogens with zero attached hydrogens (tertiary/aromatic N) is 1. The molecular weight excluding hydrogens is 317 g/mol. The van der Waals surface area contributed by atoms with E-state index in [1.165, 1.54) is 18.6 Å². The van der Waals surface area contributed by atoms with Crippen LogP contribution in [0.1, 0.15) is 50.2 Å². The van der Waals surface area contributed by atoms with Crippen molar-refractivity contribution in [3.63, 3.8) is 0 Å². The zero-order valence-electron chi connectivity index (χ0n) is 14.2. The Morgan fingerprint density at radius 1 is 1.21 bits per heavy atom. The lowest BCUT2D eigenvalue weighted by molar-refractivity contribution is -0.137. The number of nitrogens with one attached hydrogen (secondary N) is 1. The van der Waals surface area contributed by atoms with E-state index in [0.29, 0.717) is 6.54 Å². The maximum atomic E-state index is 12.6. The van der Waals surface area contributed by atoms with E-state index in [2.05, 4.69) is 5.32 Å². The van der Waals surface area contributed by atoms with Gasteiger partial charge in [-0.1, -0.05) is 31.4 Å². The van der Waals surface area contributed by atoms with Crippen LogP contribution in [0.5, 0.6) is 0 Å². The summed E-state index contributed by atoms with van der Waals surface area (Å²) in [5.41, 5.74) is 0.0970. The minimum atomic E-state index is -4.32. The van der Waals surface area contributed by atoms with Gasteiger partial charge >= 0.3 is 6.18 Å². The summed E-state index contributed by atoms with van der Waals surface area (Å²) in [6.45, 7) is 2.25. The van der Waals surface area contributed by atoms with E-state index in [0.717, 1.165) is 43.4 Å². The van der Waals surface area contributed by atoms with Gasteiger partial charge in [-0.25, -0.2) is 0 Å². The van der Waals surface area contributed by atoms with Crippen LogP contribution in [0.4, 0.5) is 13.2 Å². The van der Waals surface area contributed by atoms with Gasteiger partial charge in [0.2, 0.25) is 5.91 Å². The predicted octanol–water partition coefficient (Wildman–Crippen LogP) is 3.97. The highest BCUT2D eigenvalue weighted by atomic mass is 19.4. The van der Waals surface area contributed by atoms with Crippen LogP contribution >= 0.6 is 0 Å². The number of amides is 1. The molecule has 0 spiro atoms. The molecule has 1 fully saturated rings. The van der Waals surface area contributed by atoms with E-state index in [1.807, 2.05) is 18.9 Å². The standard InChI is InChI=1S/C18H25F3N2O/c1-13(17(24)22-16-6-4-3-5-7-16)23(2)12-14-8-10-15(11-9-14)18(19,20)21/h8-11,13,16H,3-7,12H2,1-2H3,(H,22,24). The maximum absolute atomic E-state index is 12.6. The molecule has 0 aromatic heterocycles. The van der Waals surface area contributed by atoms with Gasteiger partial charge in [-0.05, 0) is 44.5 Å². The second kappa shape index (κ2) is 8.01. The average Bonchev–Trinajstić information content (AvgIpc) is 2.54. The zero-order chi connectivity index (χ0) is 17.7. The first-order valence-corrected chi connectivity index (χ1v) is 8.44. The number of rotatable bonds is 5. The number of hydrogen-bond acceptors (Lipinski definition) is 2. The molecule has 0 bridgehead atoms. The molecule has 1 atom stereocenters. The quantitative estimate of drug-likeness (QED) is 0.878. The Hall–Kier alpha value is -1.56. The molecule has 3 nitrogen and oxygen atoms in total. The first kappa shape index (κ1) is 18.8. The van der Waals surface area contributed by atoms with Crippen LogP contribution in [0.15, 0.2) is 24.3 Å². The van der Waals surface area contributed by atoms with Crippen molar-refractivity contribution >= 4 is 5.91 Å². The van der Waals surface area contributed by atoms with Crippen molar-refractivity contribution in [2.75, 3.05) is 7.05 Å². The van der Waals surface area contributed by atoms with Crippen LogP contribution in [-0.4, -0.2) is 29.9 Å². The summed E-state index contributed by atoms with van der Waals surface area (Å²) in [4.78, 5) is 14.2. The van der Waals surface area contributed by atoms with Crippen LogP contribution in [0.25, 0.3) is 0 Å². The molecule has 0 radical (unpaired) electrons. The van der Waals surface area contributed by atoms with Crippen molar-refractivity contribution < 1.29 is 18.0 Å². The number of benzene rings is 1. The summed E-state index contributed by atoms with van der Waals surface area (Å²) in [6, 6.07) is 5.02. The molecule has 1 amide bonds. The minimum Gasteiger partial charge on any atom is -0.352 e. The lowest BCUT2D eigenvalue weighted by atomic mass is 9.95. The Kier molecular flexibility index (Phi) is 6.27. The van der Waals surface area contributed by atoms with Gasteiger partial charge < -0.3 is 5.32 Å². The predicted molar refractivity (Wildman–Crippen MR) is 87.4 cm³/mol. The molecule has 24 heavy (non-hydrogen) atoms. The summed E-state index contributed by atoms with van der Waals surface area (Å²) in [7, 11) is 1.81. The van der Waals surface area contributed by atoms with Crippen molar-refractivity contribution in [3.8, 4) is 0 Å². The highest BCUT2D eigenvalue weighted by Gasteiger charge is 2.30. The summed E-state index contributed by atoms with van der Waals surface area (Å²) in [5.74, 6) is -0.0173. The molecule has 1 aromatic carbocycles. The van der Waals surface area contributed by atoms with Crippen LogP contribution < -0.4 is 5.32 Å². The van der Waals surface area contributed by atoms with E-state index in [9.17, 15) is 18.0 Å². The summed E-state index contributed by atoms with van der Waals surface area (Å²) in [5, 5.41) is 3.08. The molecular formula is C18H25F3N2O. The average molecular weight is 342 g/mol. The normalized spacial score (nSPS) is 17.8. The number of hydrogen-bond donors (Lipinski definition) is 1. The molecule has 2 rings (SSSR count). The smallest absolute Gasteiger partial charge is 0.352 e. The maximum Gasteiger partial charge on any atom is 0.416 e. The summed E-state index contributed by atoms with van der Waals surface area (Å²) < 4.78 is 37.7. The molecule has 0 aliphatic heterocycles. The SMILES string of the molecule is CC(C(=O)NC1CCCCC1)N(C)Cc1ccc(C(F)(F)F)cc1. The van der Waals surface area contributed by atoms with Crippen molar-refractivity contribution in [1.29, 1.82) is 0 Å². The Bertz CT molecular complexity index is 536. The van der Waals surface area contributed by atoms with E-state index >= 15 is 0 Å². The number of likely N-dealkylation sites (N-methyl/N-ethyl adjacent to an activating group) is 1. The van der Waals surface area contributed by atoms with Gasteiger partial charge in [-0.3, -0.25) is 9.69 Å². The van der Waals surface area contributed by atoms with Gasteiger partial charge in [0, 0.05) is 12.6 Å². The second-order valence-corrected chi connectivity index (χ2v) is 6.63. The Balaban J connectivity index is 1.88. The van der Waals surface area contributed by atoms with Gasteiger partial charge in [0.1, 0.15) is 0 Å². The topological polar surface area (TPSA) is 32.3 Å². The van der Waals surface area contributed by atoms with Crippen LogP contribution in [0.2, 0.25) is 0 Å². The third kappa shape index (κ3) is 5.23. The van der Waals surface area contributed by atoms with Crippen molar-refractivity contribution in [2.45, 2.75) is 63.8 Å². The van der Waals surface area contributed by atoms with Crippen molar-refractivity contribution in [1.82, 2.24) is 10.2 Å². The summed E-state index contributed by atoms with van der Waals surface area (Å²) in [6.07, 6.45) is 1.27. The lowest BCUT2D eigenvalue weighted by Gasteiger charge is -2.28. The fourth-order valence-corrected chi connectivity index (χ4v) is 2.99. The molecule has 134 valence electrons. The monoisotopic (exact) mass is 342 g/mol. The largest absolute Gasteiger partial charge is 0.416 e. The van der Waals surface area contributed by atoms with Crippen molar-refractivity contribution in [3.05, 3.63) is 35.4 Å². The first-order valence-electron chi connectivity index (χ1n) is 8.44. The molecule has 1 saturated carbocycles. The van der Waals surface area contributed by atoms with Crippen LogP contribution in [0.3, 0.4) is 0 Å². The Morgan fingerprint density at radius 2 is 1.79 bits per heavy atom. The number of carbonyl (C=O) groups excluding carboxylic acids is 1. The van der Waals surface area contributed by atoms with Gasteiger partial charge in [0.15, 0.2) is 0 Å². The highest BCUT2D eigenvalue weighted by Crippen LogP contribution is 2.29. The Labute approximate surface area is 141 Å². The first-order chi connectivity index (χ1) is 11.3. The zero-order valence-corrected chi connectivity index (χ0v) is 14.2. The molecule has 1 aromatic rings. The lowest BCUT2D eigenvalue weighted by Crippen LogP contribution is -2.47. The number of alkyl halides is 3. The van der Waals surface area contributed by atoms with Crippen molar-refractivity contribution in [2.24, 2.45) is 0 Å². The Morgan fingerprint density at radius 3 is 2.33 bits per heavy atom. The fourth-order valence-electron chi connectivity index (χ4n) is 2.99. The van der Waals surface area contributed by atoms with Gasteiger partial charge in [0.05, 0.1) is 11.6 Å². The second-order valence-electron chi connectivity index (χ2n) is 6.63. The van der Waals surface area contributed by atoms with Crippen LogP contribution in [-0.2, 0) is 17.5 Å². The van der Waals surface area contributed by atoms with Gasteiger partial charge in [-0.15, -0.1) is 0 Å². The molecule has 0 heterocycles. The summed E-state index contributed by atoms with van der Waals surface area (Å²) >= 11 is 0. The highest BCUT2D eigenvalue weighted by molar-refractivity contribution is 5.81. The van der Waals surface area contributed by atoms with Gasteiger partial charge in [0.25, 0.3) is 0 Å². The molecule has 1 aliphatic carbocycles. The third-order valence-electron chi connectivity index (χ3n) is 4.71. The molecule has 6 heteroatoms. The molecule has 1 N–H and O–H groups in total.